The molecule has 0 saturated carbocycles. The van der Waals surface area contributed by atoms with Crippen molar-refractivity contribution < 1.29 is 4.79 Å². The molecule has 86 valence electrons. The molecule has 2 atom stereocenters. The van der Waals surface area contributed by atoms with Crippen molar-refractivity contribution in [1.29, 1.82) is 0 Å². The Morgan fingerprint density at radius 3 is 2.47 bits per heavy atom. The lowest BCUT2D eigenvalue weighted by Crippen LogP contribution is -2.53. The SMILES string of the molecule is CC1CCN(C(=O)N2CCCC2)CC1N. The predicted molar refractivity (Wildman–Crippen MR) is 59.5 cm³/mol. The van der Waals surface area contributed by atoms with Crippen molar-refractivity contribution in [2.75, 3.05) is 26.2 Å². The van der Waals surface area contributed by atoms with Gasteiger partial charge in [-0.2, -0.15) is 0 Å². The predicted octanol–water partition coefficient (Wildman–Crippen LogP) is 0.871. The van der Waals surface area contributed by atoms with Gasteiger partial charge in [0, 0.05) is 32.2 Å². The molecule has 2 fully saturated rings. The van der Waals surface area contributed by atoms with Gasteiger partial charge in [-0.15, -0.1) is 0 Å². The van der Waals surface area contributed by atoms with Gasteiger partial charge < -0.3 is 15.5 Å². The van der Waals surface area contributed by atoms with Crippen molar-refractivity contribution in [3.8, 4) is 0 Å². The van der Waals surface area contributed by atoms with Crippen LogP contribution in [0.25, 0.3) is 0 Å². The molecule has 2 heterocycles. The van der Waals surface area contributed by atoms with E-state index < -0.39 is 0 Å². The summed E-state index contributed by atoms with van der Waals surface area (Å²) in [5, 5.41) is 0. The molecule has 2 N–H and O–H groups in total. The minimum absolute atomic E-state index is 0.158. The van der Waals surface area contributed by atoms with E-state index in [2.05, 4.69) is 6.92 Å². The van der Waals surface area contributed by atoms with Gasteiger partial charge in [0.2, 0.25) is 0 Å². The van der Waals surface area contributed by atoms with Crippen molar-refractivity contribution in [2.24, 2.45) is 11.7 Å². The van der Waals surface area contributed by atoms with Crippen molar-refractivity contribution in [2.45, 2.75) is 32.2 Å². The number of nitrogens with two attached hydrogens (primary N) is 1. The van der Waals surface area contributed by atoms with Gasteiger partial charge in [0.25, 0.3) is 0 Å². The molecular formula is C11H21N3O. The van der Waals surface area contributed by atoms with Gasteiger partial charge in [-0.1, -0.05) is 6.92 Å². The average molecular weight is 211 g/mol. The van der Waals surface area contributed by atoms with Gasteiger partial charge >= 0.3 is 6.03 Å². The smallest absolute Gasteiger partial charge is 0.320 e. The lowest BCUT2D eigenvalue weighted by molar-refractivity contribution is 0.134. The van der Waals surface area contributed by atoms with E-state index in [-0.39, 0.29) is 12.1 Å². The topological polar surface area (TPSA) is 49.6 Å². The average Bonchev–Trinajstić information content (AvgIpc) is 2.74. The third-order valence-electron chi connectivity index (χ3n) is 3.66. The quantitative estimate of drug-likeness (QED) is 0.646. The first-order chi connectivity index (χ1) is 7.18. The van der Waals surface area contributed by atoms with Crippen LogP contribution in [0, 0.1) is 5.92 Å². The lowest BCUT2D eigenvalue weighted by Gasteiger charge is -2.37. The normalized spacial score (nSPS) is 32.1. The van der Waals surface area contributed by atoms with Crippen LogP contribution in [0.4, 0.5) is 4.79 Å². The molecule has 2 aliphatic rings. The number of likely N-dealkylation sites (tertiary alicyclic amines) is 2. The molecule has 2 rings (SSSR count). The van der Waals surface area contributed by atoms with E-state index >= 15 is 0 Å². The zero-order chi connectivity index (χ0) is 10.8. The molecule has 15 heavy (non-hydrogen) atoms. The minimum atomic E-state index is 0.158. The highest BCUT2D eigenvalue weighted by Crippen LogP contribution is 2.18. The van der Waals surface area contributed by atoms with Crippen molar-refractivity contribution in [3.05, 3.63) is 0 Å². The number of hydrogen-bond acceptors (Lipinski definition) is 2. The highest BCUT2D eigenvalue weighted by atomic mass is 16.2. The summed E-state index contributed by atoms with van der Waals surface area (Å²) in [6.45, 7) is 5.64. The van der Waals surface area contributed by atoms with E-state index in [1.54, 1.807) is 0 Å². The zero-order valence-corrected chi connectivity index (χ0v) is 9.48. The van der Waals surface area contributed by atoms with Gasteiger partial charge in [0.15, 0.2) is 0 Å². The van der Waals surface area contributed by atoms with Gasteiger partial charge in [-0.25, -0.2) is 4.79 Å². The maximum Gasteiger partial charge on any atom is 0.320 e. The molecule has 4 heteroatoms. The van der Waals surface area contributed by atoms with Crippen LogP contribution in [0.15, 0.2) is 0 Å². The molecule has 0 aromatic carbocycles. The van der Waals surface area contributed by atoms with E-state index in [0.717, 1.165) is 45.4 Å². The number of nitrogens with zero attached hydrogens (tertiary/aromatic N) is 2. The molecule has 0 spiro atoms. The Hall–Kier alpha value is -0.770. The standard InChI is InChI=1S/C11H21N3O/c1-9-4-7-14(8-10(9)12)11(15)13-5-2-3-6-13/h9-10H,2-8,12H2,1H3. The number of urea groups is 1. The van der Waals surface area contributed by atoms with Crippen LogP contribution >= 0.6 is 0 Å². The Labute approximate surface area is 91.4 Å². The fraction of sp³-hybridized carbons (Fsp3) is 0.909. The second kappa shape index (κ2) is 4.39. The molecule has 2 saturated heterocycles. The summed E-state index contributed by atoms with van der Waals surface area (Å²) in [5.74, 6) is 0.549. The van der Waals surface area contributed by atoms with Crippen LogP contribution in [-0.4, -0.2) is 48.1 Å². The monoisotopic (exact) mass is 211 g/mol. The lowest BCUT2D eigenvalue weighted by atomic mass is 9.94. The second-order valence-corrected chi connectivity index (χ2v) is 4.85. The highest BCUT2D eigenvalue weighted by molar-refractivity contribution is 5.74. The molecule has 0 bridgehead atoms. The Kier molecular flexibility index (Phi) is 3.14. The molecule has 0 aliphatic carbocycles. The Balaban J connectivity index is 1.90. The molecule has 4 nitrogen and oxygen atoms in total. The van der Waals surface area contributed by atoms with Gasteiger partial charge in [0.05, 0.1) is 0 Å². The number of piperidine rings is 1. The van der Waals surface area contributed by atoms with E-state index in [0.29, 0.717) is 5.92 Å². The molecule has 0 aromatic rings. The van der Waals surface area contributed by atoms with Crippen LogP contribution in [0.1, 0.15) is 26.2 Å². The van der Waals surface area contributed by atoms with Crippen LogP contribution in [0.3, 0.4) is 0 Å². The zero-order valence-electron chi connectivity index (χ0n) is 9.48. The molecule has 0 aromatic heterocycles. The van der Waals surface area contributed by atoms with Crippen LogP contribution in [0.5, 0.6) is 0 Å². The summed E-state index contributed by atoms with van der Waals surface area (Å²) in [6, 6.07) is 0.361. The largest absolute Gasteiger partial charge is 0.326 e. The number of hydrogen-bond donors (Lipinski definition) is 1. The minimum Gasteiger partial charge on any atom is -0.326 e. The molecule has 0 radical (unpaired) electrons. The summed E-state index contributed by atoms with van der Waals surface area (Å²) in [4.78, 5) is 15.9. The van der Waals surface area contributed by atoms with Crippen LogP contribution < -0.4 is 5.73 Å². The third-order valence-corrected chi connectivity index (χ3v) is 3.66. The molecule has 2 unspecified atom stereocenters. The number of amides is 2. The fourth-order valence-electron chi connectivity index (χ4n) is 2.38. The maximum absolute atomic E-state index is 12.0. The molecule has 2 aliphatic heterocycles. The van der Waals surface area contributed by atoms with Crippen molar-refractivity contribution in [3.63, 3.8) is 0 Å². The van der Waals surface area contributed by atoms with Gasteiger partial charge in [0.1, 0.15) is 0 Å². The fourth-order valence-corrected chi connectivity index (χ4v) is 2.38. The first-order valence-electron chi connectivity index (χ1n) is 5.98. The first-order valence-corrected chi connectivity index (χ1v) is 5.98. The number of carbonyl (C=O) groups excluding carboxylic acids is 1. The van der Waals surface area contributed by atoms with E-state index in [1.807, 2.05) is 9.80 Å². The van der Waals surface area contributed by atoms with E-state index in [4.69, 9.17) is 5.73 Å². The molecular weight excluding hydrogens is 190 g/mol. The van der Waals surface area contributed by atoms with Crippen LogP contribution in [0.2, 0.25) is 0 Å². The highest BCUT2D eigenvalue weighted by Gasteiger charge is 2.29. The summed E-state index contributed by atoms with van der Waals surface area (Å²) < 4.78 is 0. The Morgan fingerprint density at radius 1 is 1.20 bits per heavy atom. The summed E-state index contributed by atoms with van der Waals surface area (Å²) in [5.41, 5.74) is 5.99. The van der Waals surface area contributed by atoms with E-state index in [1.165, 1.54) is 0 Å². The number of carbonyl (C=O) groups is 1. The van der Waals surface area contributed by atoms with Crippen molar-refractivity contribution >= 4 is 6.03 Å². The summed E-state index contributed by atoms with van der Waals surface area (Å²) in [7, 11) is 0. The second-order valence-electron chi connectivity index (χ2n) is 4.85. The van der Waals surface area contributed by atoms with Gasteiger partial charge in [-0.3, -0.25) is 0 Å². The number of rotatable bonds is 0. The molecule has 2 amide bonds. The van der Waals surface area contributed by atoms with Crippen molar-refractivity contribution in [1.82, 2.24) is 9.80 Å². The van der Waals surface area contributed by atoms with Gasteiger partial charge in [-0.05, 0) is 25.2 Å². The first kappa shape index (κ1) is 10.7. The Morgan fingerprint density at radius 2 is 1.87 bits per heavy atom. The third kappa shape index (κ3) is 2.25. The van der Waals surface area contributed by atoms with Crippen LogP contribution in [-0.2, 0) is 0 Å². The summed E-state index contributed by atoms with van der Waals surface area (Å²) in [6.07, 6.45) is 3.35. The maximum atomic E-state index is 12.0. The summed E-state index contributed by atoms with van der Waals surface area (Å²) >= 11 is 0. The van der Waals surface area contributed by atoms with E-state index in [9.17, 15) is 4.79 Å². The Bertz CT molecular complexity index is 238.